The number of rotatable bonds is 5. The molecule has 146 valence electrons. The number of hydrogen-bond donors (Lipinski definition) is 2. The van der Waals surface area contributed by atoms with Crippen molar-refractivity contribution in [3.63, 3.8) is 0 Å². The lowest BCUT2D eigenvalue weighted by atomic mass is 10.1. The third-order valence-electron chi connectivity index (χ3n) is 4.15. The largest absolute Gasteiger partial charge is 0.398 e. The Hall–Kier alpha value is -2.82. The van der Waals surface area contributed by atoms with E-state index in [4.69, 9.17) is 5.73 Å². The van der Waals surface area contributed by atoms with E-state index in [1.54, 1.807) is 31.2 Å². The van der Waals surface area contributed by atoms with Gasteiger partial charge in [0.25, 0.3) is 10.1 Å². The molecule has 0 unspecified atom stereocenters. The van der Waals surface area contributed by atoms with Gasteiger partial charge in [-0.15, -0.1) is 5.11 Å². The maximum atomic E-state index is 11.8. The van der Waals surface area contributed by atoms with Crippen LogP contribution in [0.2, 0.25) is 0 Å². The summed E-state index contributed by atoms with van der Waals surface area (Å²) >= 11 is 0. The Balaban J connectivity index is 1.99. The second kappa shape index (κ2) is 7.30. The molecule has 0 heterocycles. The molecule has 28 heavy (non-hydrogen) atoms. The van der Waals surface area contributed by atoms with E-state index >= 15 is 0 Å². The average molecular weight is 419 g/mol. The highest BCUT2D eigenvalue weighted by Crippen LogP contribution is 2.33. The fraction of sp³-hybridized carbons (Fsp3) is 0.111. The Labute approximate surface area is 162 Å². The Morgan fingerprint density at radius 3 is 2.11 bits per heavy atom. The van der Waals surface area contributed by atoms with Gasteiger partial charge in [0, 0.05) is 16.5 Å². The van der Waals surface area contributed by atoms with Crippen molar-refractivity contribution in [3.8, 4) is 0 Å². The Kier molecular flexibility index (Phi) is 5.20. The summed E-state index contributed by atoms with van der Waals surface area (Å²) in [7, 11) is -7.64. The normalized spacial score (nSPS) is 12.6. The van der Waals surface area contributed by atoms with Gasteiger partial charge in [-0.1, -0.05) is 13.0 Å². The summed E-state index contributed by atoms with van der Waals surface area (Å²) in [6, 6.07) is 13.2. The Morgan fingerprint density at radius 2 is 1.50 bits per heavy atom. The van der Waals surface area contributed by atoms with Crippen molar-refractivity contribution >= 4 is 47.8 Å². The van der Waals surface area contributed by atoms with Gasteiger partial charge in [-0.25, -0.2) is 8.42 Å². The summed E-state index contributed by atoms with van der Waals surface area (Å²) in [5, 5.41) is 9.23. The first-order chi connectivity index (χ1) is 13.1. The van der Waals surface area contributed by atoms with Crippen LogP contribution in [-0.4, -0.2) is 27.1 Å². The minimum Gasteiger partial charge on any atom is -0.398 e. The molecule has 0 aliphatic carbocycles. The molecule has 0 aromatic heterocycles. The molecular weight excluding hydrogens is 402 g/mol. The first-order valence-corrected chi connectivity index (χ1v) is 11.3. The summed E-state index contributed by atoms with van der Waals surface area (Å²) < 4.78 is 55.6. The molecule has 0 fully saturated rings. The van der Waals surface area contributed by atoms with E-state index in [0.717, 1.165) is 0 Å². The van der Waals surface area contributed by atoms with Crippen molar-refractivity contribution < 1.29 is 21.4 Å². The molecule has 8 nitrogen and oxygen atoms in total. The molecule has 0 radical (unpaired) electrons. The molecule has 0 aliphatic rings. The highest BCUT2D eigenvalue weighted by Gasteiger charge is 2.13. The summed E-state index contributed by atoms with van der Waals surface area (Å²) in [4.78, 5) is -0.0573. The molecular formula is C18H17N3O5S2. The maximum Gasteiger partial charge on any atom is 0.294 e. The number of azo groups is 1. The van der Waals surface area contributed by atoms with Gasteiger partial charge in [-0.05, 0) is 48.5 Å². The minimum absolute atomic E-state index is 0.0108. The van der Waals surface area contributed by atoms with Crippen molar-refractivity contribution in [1.29, 1.82) is 0 Å². The highest BCUT2D eigenvalue weighted by atomic mass is 32.2. The lowest BCUT2D eigenvalue weighted by Gasteiger charge is -2.06. The van der Waals surface area contributed by atoms with Gasteiger partial charge in [0.1, 0.15) is 0 Å². The van der Waals surface area contributed by atoms with E-state index < -0.39 is 20.0 Å². The van der Waals surface area contributed by atoms with Gasteiger partial charge in [0.05, 0.1) is 26.9 Å². The van der Waals surface area contributed by atoms with Gasteiger partial charge in [0.15, 0.2) is 9.84 Å². The van der Waals surface area contributed by atoms with Crippen LogP contribution < -0.4 is 5.73 Å². The summed E-state index contributed by atoms with van der Waals surface area (Å²) in [6.07, 6.45) is 0. The lowest BCUT2D eigenvalue weighted by Crippen LogP contribution is -2.02. The number of nitrogen functional groups attached to an aromatic ring is 1. The number of anilines is 1. The van der Waals surface area contributed by atoms with E-state index in [9.17, 15) is 21.4 Å². The van der Waals surface area contributed by atoms with Crippen molar-refractivity contribution in [2.75, 3.05) is 11.5 Å². The van der Waals surface area contributed by atoms with E-state index in [-0.39, 0.29) is 15.5 Å². The zero-order valence-corrected chi connectivity index (χ0v) is 16.4. The molecule has 0 bridgehead atoms. The van der Waals surface area contributed by atoms with Crippen LogP contribution in [0.3, 0.4) is 0 Å². The third-order valence-corrected chi connectivity index (χ3v) is 6.75. The third kappa shape index (κ3) is 4.03. The summed E-state index contributed by atoms with van der Waals surface area (Å²) in [6.45, 7) is 1.57. The van der Waals surface area contributed by atoms with E-state index in [0.29, 0.717) is 27.8 Å². The zero-order chi connectivity index (χ0) is 20.5. The number of benzene rings is 3. The fourth-order valence-electron chi connectivity index (χ4n) is 2.58. The summed E-state index contributed by atoms with van der Waals surface area (Å²) in [5.41, 5.74) is 7.13. The van der Waals surface area contributed by atoms with Crippen molar-refractivity contribution in [1.82, 2.24) is 0 Å². The van der Waals surface area contributed by atoms with Gasteiger partial charge >= 0.3 is 0 Å². The van der Waals surface area contributed by atoms with Gasteiger partial charge in [-0.2, -0.15) is 13.5 Å². The number of nitrogens with zero attached hydrogens (tertiary/aromatic N) is 2. The van der Waals surface area contributed by atoms with E-state index in [2.05, 4.69) is 10.2 Å². The van der Waals surface area contributed by atoms with Crippen LogP contribution >= 0.6 is 0 Å². The molecule has 3 aromatic rings. The average Bonchev–Trinajstić information content (AvgIpc) is 2.67. The molecule has 0 saturated carbocycles. The second-order valence-electron chi connectivity index (χ2n) is 5.95. The van der Waals surface area contributed by atoms with Gasteiger partial charge < -0.3 is 5.73 Å². The molecule has 0 spiro atoms. The smallest absolute Gasteiger partial charge is 0.294 e. The van der Waals surface area contributed by atoms with Crippen molar-refractivity contribution in [2.45, 2.75) is 16.7 Å². The lowest BCUT2D eigenvalue weighted by molar-refractivity contribution is 0.483. The van der Waals surface area contributed by atoms with Gasteiger partial charge in [0.2, 0.25) is 0 Å². The highest BCUT2D eigenvalue weighted by molar-refractivity contribution is 7.91. The van der Waals surface area contributed by atoms with E-state index in [1.165, 1.54) is 30.3 Å². The number of nitrogens with two attached hydrogens (primary N) is 1. The number of sulfone groups is 1. The standard InChI is InChI=1S/C18H17N3O5S2/c1-2-27(22,23)13-5-3-12(4-6-13)20-21-18-10-9-17(19)16-11-14(28(24,25)26)7-8-15(16)18/h3-11H,2,19H2,1H3,(H,24,25,26)/b21-20+. The molecule has 3 rings (SSSR count). The maximum absolute atomic E-state index is 11.8. The number of fused-ring (bicyclic) bond motifs is 1. The monoisotopic (exact) mass is 419 g/mol. The van der Waals surface area contributed by atoms with Crippen LogP contribution in [0.25, 0.3) is 10.8 Å². The Morgan fingerprint density at radius 1 is 0.857 bits per heavy atom. The Bertz CT molecular complexity index is 1280. The van der Waals surface area contributed by atoms with E-state index in [1.807, 2.05) is 0 Å². The number of hydrogen-bond acceptors (Lipinski definition) is 7. The SMILES string of the molecule is CCS(=O)(=O)c1ccc(/N=N/c2ccc(N)c3cc(S(=O)(=O)O)ccc23)cc1. The summed E-state index contributed by atoms with van der Waals surface area (Å²) in [5.74, 6) is 0.0108. The minimum atomic E-state index is -4.36. The quantitative estimate of drug-likeness (QED) is 0.365. The van der Waals surface area contributed by atoms with Crippen LogP contribution in [0.15, 0.2) is 74.6 Å². The first-order valence-electron chi connectivity index (χ1n) is 8.16. The molecule has 3 aromatic carbocycles. The van der Waals surface area contributed by atoms with Crippen LogP contribution in [-0.2, 0) is 20.0 Å². The fourth-order valence-corrected chi connectivity index (χ4v) is 3.97. The molecule has 10 heteroatoms. The van der Waals surface area contributed by atoms with Crippen LogP contribution in [0.4, 0.5) is 17.1 Å². The van der Waals surface area contributed by atoms with Gasteiger partial charge in [-0.3, -0.25) is 4.55 Å². The van der Waals surface area contributed by atoms with Crippen molar-refractivity contribution in [3.05, 3.63) is 54.6 Å². The predicted octanol–water partition coefficient (Wildman–Crippen LogP) is 3.88. The van der Waals surface area contributed by atoms with Crippen LogP contribution in [0.5, 0.6) is 0 Å². The first kappa shape index (κ1) is 19.9. The van der Waals surface area contributed by atoms with Crippen LogP contribution in [0.1, 0.15) is 6.92 Å². The molecule has 3 N–H and O–H groups in total. The topological polar surface area (TPSA) is 139 Å². The second-order valence-corrected chi connectivity index (χ2v) is 9.65. The molecule has 0 aliphatic heterocycles. The molecule has 0 saturated heterocycles. The molecule has 0 amide bonds. The predicted molar refractivity (Wildman–Crippen MR) is 107 cm³/mol. The molecule has 0 atom stereocenters. The zero-order valence-electron chi connectivity index (χ0n) is 14.8. The van der Waals surface area contributed by atoms with Crippen molar-refractivity contribution in [2.24, 2.45) is 10.2 Å². The van der Waals surface area contributed by atoms with Crippen LogP contribution in [0, 0.1) is 0 Å².